The van der Waals surface area contributed by atoms with E-state index in [2.05, 4.69) is 43.7 Å². The van der Waals surface area contributed by atoms with Crippen LogP contribution in [-0.2, 0) is 35.2 Å². The van der Waals surface area contributed by atoms with Gasteiger partial charge in [0.1, 0.15) is 58.6 Å². The molecule has 88 heavy (non-hydrogen) atoms. The Morgan fingerprint density at radius 2 is 1.36 bits per heavy atom. The highest BCUT2D eigenvalue weighted by molar-refractivity contribution is 7.17. The van der Waals surface area contributed by atoms with Crippen LogP contribution in [0.4, 0.5) is 0 Å². The fourth-order valence-corrected chi connectivity index (χ4v) is 11.3. The highest BCUT2D eigenvalue weighted by atomic mass is 35.5. The summed E-state index contributed by atoms with van der Waals surface area (Å²) in [6.07, 6.45) is -7.50. The molecule has 7 amide bonds. The summed E-state index contributed by atoms with van der Waals surface area (Å²) < 4.78 is 11.4. The minimum absolute atomic E-state index is 0. The van der Waals surface area contributed by atoms with Crippen LogP contribution in [-0.4, -0.2) is 216 Å². The van der Waals surface area contributed by atoms with Crippen molar-refractivity contribution < 1.29 is 78.8 Å². The number of aliphatic hydroxyl groups is 6. The van der Waals surface area contributed by atoms with E-state index in [1.807, 2.05) is 24.3 Å². The number of β-amino-alcohol motifs (C(OH)–C–C–N with tert-alkyl or cyclic N) is 1. The monoisotopic (exact) mass is 1290 g/mol. The molecule has 1 aromatic heterocycles. The Kier molecular flexibility index (Phi) is 27.5. The molecule has 4 aromatic rings. The Balaban J connectivity index is 0.00000705. The molecule has 0 unspecified atom stereocenters. The SMILES string of the molecule is CCCCCCOc1ccc(-c2nnc(-c3ccc(C(=O)N[C@H]4C[C@@H](O)CNC(=O)[C@@H]5[C@@H](O)[C@@H](C)CN5C(=O)[C@H]([C@H](O)CCN)NC(=O)[C@H]([C@H](O)Cc5ccc(O)c(OCCN)c5)NC(=O)[C@@H]5C[C@@H](O)CN5C(=O)[C@H]([C@@H](C)O)NC4=O)cc3)s2)cc1.Cl.Cl. The molecule has 16 N–H and O–H groups in total. The zero-order chi connectivity index (χ0) is 62.4. The van der Waals surface area contributed by atoms with Gasteiger partial charge in [0.25, 0.3) is 5.91 Å². The lowest BCUT2D eigenvalue weighted by Crippen LogP contribution is -2.64. The zero-order valence-electron chi connectivity index (χ0n) is 48.9. The summed E-state index contributed by atoms with van der Waals surface area (Å²) in [4.78, 5) is 103. The van der Waals surface area contributed by atoms with E-state index in [4.69, 9.17) is 20.9 Å². The molecule has 30 heteroatoms. The molecule has 3 fully saturated rings. The van der Waals surface area contributed by atoms with Gasteiger partial charge in [0.05, 0.1) is 43.2 Å². The Morgan fingerprint density at radius 3 is 2.00 bits per heavy atom. The number of aromatic hydroxyl groups is 1. The van der Waals surface area contributed by atoms with Gasteiger partial charge in [0, 0.05) is 68.0 Å². The number of benzene rings is 3. The van der Waals surface area contributed by atoms with Gasteiger partial charge in [0.2, 0.25) is 35.4 Å². The summed E-state index contributed by atoms with van der Waals surface area (Å²) in [5.41, 5.74) is 13.1. The zero-order valence-corrected chi connectivity index (χ0v) is 51.4. The normalized spacial score (nSPS) is 25.0. The van der Waals surface area contributed by atoms with Crippen molar-refractivity contribution in [2.75, 3.05) is 45.9 Å². The minimum Gasteiger partial charge on any atom is -0.504 e. The number of aromatic nitrogens is 2. The third kappa shape index (κ3) is 18.4. The highest BCUT2D eigenvalue weighted by Crippen LogP contribution is 2.32. The lowest BCUT2D eigenvalue weighted by Gasteiger charge is -2.34. The average molecular weight is 1290 g/mol. The number of carbonyl (C=O) groups is 7. The number of aliphatic hydroxyl groups excluding tert-OH is 6. The largest absolute Gasteiger partial charge is 0.504 e. The van der Waals surface area contributed by atoms with E-state index in [0.29, 0.717) is 22.2 Å². The van der Waals surface area contributed by atoms with Crippen LogP contribution >= 0.6 is 36.2 Å². The summed E-state index contributed by atoms with van der Waals surface area (Å²) in [7, 11) is 0. The Bertz CT molecular complexity index is 2990. The third-order valence-corrected chi connectivity index (χ3v) is 16.3. The van der Waals surface area contributed by atoms with Gasteiger partial charge in [-0.3, -0.25) is 33.6 Å². The lowest BCUT2D eigenvalue weighted by atomic mass is 9.98. The fraction of sp³-hybridized carbons (Fsp3) is 0.534. The van der Waals surface area contributed by atoms with Crippen LogP contribution in [0.2, 0.25) is 0 Å². The molecule has 3 aliphatic rings. The van der Waals surface area contributed by atoms with Crippen LogP contribution in [0.15, 0.2) is 66.7 Å². The number of nitrogens with two attached hydrogens (primary N) is 2. The number of ether oxygens (including phenoxy) is 2. The number of hydrogen-bond donors (Lipinski definition) is 14. The number of unbranched alkanes of at least 4 members (excludes halogenated alkanes) is 3. The molecule has 7 rings (SSSR count). The molecule has 0 spiro atoms. The van der Waals surface area contributed by atoms with Crippen LogP contribution in [0.1, 0.15) is 81.6 Å². The topological polar surface area (TPSA) is 424 Å². The summed E-state index contributed by atoms with van der Waals surface area (Å²) in [5, 5.41) is 101. The Labute approximate surface area is 525 Å². The maximum Gasteiger partial charge on any atom is 0.251 e. The molecule has 0 radical (unpaired) electrons. The predicted molar refractivity (Wildman–Crippen MR) is 326 cm³/mol. The summed E-state index contributed by atoms with van der Waals surface area (Å²) in [6.45, 7) is 3.84. The maximum absolute atomic E-state index is 14.7. The first-order chi connectivity index (χ1) is 41.1. The van der Waals surface area contributed by atoms with Gasteiger partial charge in [-0.15, -0.1) is 35.0 Å². The third-order valence-electron chi connectivity index (χ3n) is 15.2. The van der Waals surface area contributed by atoms with Crippen molar-refractivity contribution >= 4 is 77.5 Å². The quantitative estimate of drug-likeness (QED) is 0.0473. The van der Waals surface area contributed by atoms with Gasteiger partial charge in [-0.25, -0.2) is 0 Å². The van der Waals surface area contributed by atoms with Crippen molar-refractivity contribution in [3.63, 3.8) is 0 Å². The van der Waals surface area contributed by atoms with Crippen molar-refractivity contribution in [2.45, 2.75) is 145 Å². The Morgan fingerprint density at radius 1 is 0.727 bits per heavy atom. The molecule has 3 aromatic carbocycles. The molecular weight excluding hydrogens is 1210 g/mol. The number of carbonyl (C=O) groups excluding carboxylic acids is 7. The first-order valence-corrected chi connectivity index (χ1v) is 29.6. The van der Waals surface area contributed by atoms with E-state index in [0.717, 1.165) is 53.7 Å². The van der Waals surface area contributed by atoms with E-state index in [9.17, 15) is 69.3 Å². The van der Waals surface area contributed by atoms with Crippen LogP contribution in [0.3, 0.4) is 0 Å². The number of phenols is 1. The molecule has 3 saturated heterocycles. The van der Waals surface area contributed by atoms with E-state index in [1.165, 1.54) is 48.6 Å². The number of nitrogens with one attached hydrogen (secondary N) is 5. The average Bonchev–Trinajstić information content (AvgIpc) is 1.91. The molecule has 3 aliphatic heterocycles. The number of hydrogen-bond acceptors (Lipinski definition) is 21. The van der Waals surface area contributed by atoms with Crippen molar-refractivity contribution in [1.29, 1.82) is 0 Å². The number of rotatable bonds is 20. The molecule has 4 heterocycles. The molecule has 13 atom stereocenters. The number of amides is 7. The second-order valence-corrected chi connectivity index (χ2v) is 22.9. The first-order valence-electron chi connectivity index (χ1n) is 28.8. The fourth-order valence-electron chi connectivity index (χ4n) is 10.5. The lowest BCUT2D eigenvalue weighted by molar-refractivity contribution is -0.147. The van der Waals surface area contributed by atoms with Gasteiger partial charge < -0.3 is 93.1 Å². The van der Waals surface area contributed by atoms with Gasteiger partial charge in [-0.2, -0.15) is 0 Å². The van der Waals surface area contributed by atoms with Gasteiger partial charge in [-0.1, -0.05) is 62.6 Å². The van der Waals surface area contributed by atoms with Crippen molar-refractivity contribution in [3.05, 3.63) is 77.9 Å². The van der Waals surface area contributed by atoms with Crippen LogP contribution in [0.5, 0.6) is 17.2 Å². The molecule has 0 aliphatic carbocycles. The van der Waals surface area contributed by atoms with Crippen LogP contribution in [0, 0.1) is 5.92 Å². The van der Waals surface area contributed by atoms with Gasteiger partial charge >= 0.3 is 0 Å². The first kappa shape index (κ1) is 71.9. The number of fused-ring (bicyclic) bond motifs is 2. The minimum atomic E-state index is -2.04. The van der Waals surface area contributed by atoms with E-state index >= 15 is 0 Å². The molecule has 27 nitrogen and oxygen atoms in total. The summed E-state index contributed by atoms with van der Waals surface area (Å²) in [6, 6.07) is 6.70. The second-order valence-electron chi connectivity index (χ2n) is 21.9. The van der Waals surface area contributed by atoms with Gasteiger partial charge in [0.15, 0.2) is 11.5 Å². The molecule has 0 saturated carbocycles. The summed E-state index contributed by atoms with van der Waals surface area (Å²) >= 11 is 1.31. The van der Waals surface area contributed by atoms with Crippen molar-refractivity contribution in [1.82, 2.24) is 46.6 Å². The number of phenolic OH excluding ortho intramolecular Hbond substituents is 1. The van der Waals surface area contributed by atoms with Crippen LogP contribution < -0.4 is 47.5 Å². The number of nitrogens with zero attached hydrogens (tertiary/aromatic N) is 4. The van der Waals surface area contributed by atoms with Crippen LogP contribution in [0.25, 0.3) is 21.1 Å². The van der Waals surface area contributed by atoms with E-state index in [-0.39, 0.29) is 80.1 Å². The summed E-state index contributed by atoms with van der Waals surface area (Å²) in [5.74, 6) is -7.91. The second kappa shape index (κ2) is 33.7. The smallest absolute Gasteiger partial charge is 0.251 e. The highest BCUT2D eigenvalue weighted by Gasteiger charge is 2.50. The van der Waals surface area contributed by atoms with E-state index in [1.54, 1.807) is 12.1 Å². The van der Waals surface area contributed by atoms with Gasteiger partial charge in [-0.05, 0) is 80.4 Å². The maximum atomic E-state index is 14.7. The molecular formula is C58H81Cl2N11O16S. The Hall–Kier alpha value is -6.83. The van der Waals surface area contributed by atoms with Crippen molar-refractivity contribution in [2.24, 2.45) is 17.4 Å². The van der Waals surface area contributed by atoms with E-state index < -0.39 is 152 Å². The number of halogens is 2. The standard InChI is InChI=1S/C58H79N11O16S.2ClH/c1-4-5-6-7-21-84-38-15-13-35(14-16-38)56-67-66-55(86-56)34-11-9-33(10-12-34)50(77)62-39-25-36(71)27-61-54(81)48-49(76)30(2)28-69(48)58(83)47(42(74)18-19-59)65-53(80)46(43(75)23-32-8-17-41(73)44(24-32)85-22-20-60)64-52(79)40-26-37(72)29-68(40)57(82)45(31(3)70)63-51(39)78;;/h8-17,24,30-31,36-37,39-40,42-43,45-49,70-76H,4-7,18-23,25-29,59-60H2,1-3H3,(H,61,81)(H,62,77)(H,63,78)(H,64,79)(H,65,80);2*1H/t30-,31+,36+,37+,39-,40-,42+,43+,45-,46-,47-,48-,49-;;/m0../s1. The molecule has 0 bridgehead atoms. The molecule has 484 valence electrons. The van der Waals surface area contributed by atoms with Crippen molar-refractivity contribution in [3.8, 4) is 38.4 Å². The predicted octanol–water partition coefficient (Wildman–Crippen LogP) is -0.985.